The Morgan fingerprint density at radius 3 is 2.41 bits per heavy atom. The molecule has 0 spiro atoms. The number of hydrogen-bond acceptors (Lipinski definition) is 0. The Hall–Kier alpha value is -1.66. The van der Waals surface area contributed by atoms with Gasteiger partial charge in [0.1, 0.15) is 0 Å². The molecule has 0 bridgehead atoms. The molecule has 0 aliphatic carbocycles. The highest BCUT2D eigenvalue weighted by molar-refractivity contribution is 5.39. The third kappa shape index (κ3) is 7.26. The van der Waals surface area contributed by atoms with Crippen LogP contribution in [0.15, 0.2) is 30.3 Å². The third-order valence-corrected chi connectivity index (χ3v) is 2.54. The Morgan fingerprint density at radius 1 is 0.882 bits per heavy atom. The Labute approximate surface area is 105 Å². The SMILES string of the molecule is CCCCCCCC#CC#Cc1ccccc1. The summed E-state index contributed by atoms with van der Waals surface area (Å²) in [5.41, 5.74) is 1.03. The van der Waals surface area contributed by atoms with Gasteiger partial charge in [0.25, 0.3) is 0 Å². The van der Waals surface area contributed by atoms with Crippen LogP contribution in [-0.2, 0) is 0 Å². The van der Waals surface area contributed by atoms with Crippen LogP contribution in [0.4, 0.5) is 0 Å². The van der Waals surface area contributed by atoms with Gasteiger partial charge in [-0.3, -0.25) is 0 Å². The summed E-state index contributed by atoms with van der Waals surface area (Å²) in [6, 6.07) is 9.97. The summed E-state index contributed by atoms with van der Waals surface area (Å²) < 4.78 is 0. The minimum atomic E-state index is 0.979. The van der Waals surface area contributed by atoms with Crippen LogP contribution in [0.3, 0.4) is 0 Å². The topological polar surface area (TPSA) is 0 Å². The highest BCUT2D eigenvalue weighted by Gasteiger charge is 1.85. The summed E-state index contributed by atoms with van der Waals surface area (Å²) in [5, 5.41) is 0. The number of unbranched alkanes of at least 4 members (excludes halogenated alkanes) is 5. The molecule has 17 heavy (non-hydrogen) atoms. The van der Waals surface area contributed by atoms with Gasteiger partial charge in [-0.1, -0.05) is 62.6 Å². The molecule has 0 nitrogen and oxygen atoms in total. The Bertz CT molecular complexity index is 406. The molecule has 0 saturated heterocycles. The zero-order chi connectivity index (χ0) is 12.2. The average Bonchev–Trinajstić information content (AvgIpc) is 2.38. The lowest BCUT2D eigenvalue weighted by Crippen LogP contribution is -1.75. The van der Waals surface area contributed by atoms with Gasteiger partial charge in [0, 0.05) is 12.0 Å². The molecule has 0 amide bonds. The van der Waals surface area contributed by atoms with Crippen molar-refractivity contribution in [2.45, 2.75) is 45.4 Å². The minimum Gasteiger partial charge on any atom is -0.0891 e. The van der Waals surface area contributed by atoms with Gasteiger partial charge in [-0.15, -0.1) is 0 Å². The van der Waals surface area contributed by atoms with E-state index in [2.05, 4.69) is 30.6 Å². The molecule has 1 rings (SSSR count). The molecule has 0 heteroatoms. The minimum absolute atomic E-state index is 0.979. The van der Waals surface area contributed by atoms with E-state index in [0.717, 1.165) is 12.0 Å². The second-order valence-corrected chi connectivity index (χ2v) is 4.08. The van der Waals surface area contributed by atoms with Gasteiger partial charge in [0.2, 0.25) is 0 Å². The van der Waals surface area contributed by atoms with E-state index in [9.17, 15) is 0 Å². The smallest absolute Gasteiger partial charge is 0.0255 e. The van der Waals surface area contributed by atoms with Gasteiger partial charge in [-0.05, 0) is 30.4 Å². The summed E-state index contributed by atoms with van der Waals surface area (Å²) in [5.74, 6) is 11.9. The zero-order valence-corrected chi connectivity index (χ0v) is 10.6. The fourth-order valence-electron chi connectivity index (χ4n) is 1.55. The molecule has 0 heterocycles. The van der Waals surface area contributed by atoms with Crippen LogP contribution in [-0.4, -0.2) is 0 Å². The number of hydrogen-bond donors (Lipinski definition) is 0. The van der Waals surface area contributed by atoms with Crippen molar-refractivity contribution in [3.05, 3.63) is 35.9 Å². The van der Waals surface area contributed by atoms with E-state index in [1.807, 2.05) is 30.3 Å². The normalized spacial score (nSPS) is 8.76. The van der Waals surface area contributed by atoms with E-state index in [0.29, 0.717) is 0 Å². The number of rotatable bonds is 5. The van der Waals surface area contributed by atoms with Crippen LogP contribution >= 0.6 is 0 Å². The van der Waals surface area contributed by atoms with E-state index >= 15 is 0 Å². The maximum absolute atomic E-state index is 3.11. The molecular weight excluding hydrogens is 204 g/mol. The fourth-order valence-corrected chi connectivity index (χ4v) is 1.55. The second kappa shape index (κ2) is 9.56. The molecule has 0 N–H and O–H groups in total. The molecule has 1 aromatic rings. The first-order chi connectivity index (χ1) is 8.43. The molecule has 0 saturated carbocycles. The van der Waals surface area contributed by atoms with E-state index < -0.39 is 0 Å². The molecule has 0 fully saturated rings. The quantitative estimate of drug-likeness (QED) is 0.513. The lowest BCUT2D eigenvalue weighted by molar-refractivity contribution is 0.641. The third-order valence-electron chi connectivity index (χ3n) is 2.54. The Kier molecular flexibility index (Phi) is 7.54. The van der Waals surface area contributed by atoms with Crippen molar-refractivity contribution in [3.63, 3.8) is 0 Å². The Balaban J connectivity index is 2.17. The molecule has 0 unspecified atom stereocenters. The highest BCUT2D eigenvalue weighted by Crippen LogP contribution is 2.03. The molecule has 0 atom stereocenters. The van der Waals surface area contributed by atoms with Crippen molar-refractivity contribution in [2.24, 2.45) is 0 Å². The van der Waals surface area contributed by atoms with Crippen LogP contribution in [0.5, 0.6) is 0 Å². The first kappa shape index (κ1) is 13.4. The summed E-state index contributed by atoms with van der Waals surface area (Å²) in [4.78, 5) is 0. The van der Waals surface area contributed by atoms with Gasteiger partial charge in [0.05, 0.1) is 0 Å². The second-order valence-electron chi connectivity index (χ2n) is 4.08. The molecule has 1 aromatic carbocycles. The van der Waals surface area contributed by atoms with Crippen LogP contribution in [0.1, 0.15) is 51.0 Å². The van der Waals surface area contributed by atoms with Crippen molar-refractivity contribution in [3.8, 4) is 23.7 Å². The van der Waals surface area contributed by atoms with Gasteiger partial charge >= 0.3 is 0 Å². The van der Waals surface area contributed by atoms with Gasteiger partial charge < -0.3 is 0 Å². The summed E-state index contributed by atoms with van der Waals surface area (Å²) in [6.45, 7) is 2.24. The van der Waals surface area contributed by atoms with Crippen molar-refractivity contribution >= 4 is 0 Å². The van der Waals surface area contributed by atoms with Crippen molar-refractivity contribution in [2.75, 3.05) is 0 Å². The summed E-state index contributed by atoms with van der Waals surface area (Å²) in [7, 11) is 0. The lowest BCUT2D eigenvalue weighted by atomic mass is 10.1. The van der Waals surface area contributed by atoms with Crippen molar-refractivity contribution in [1.29, 1.82) is 0 Å². The fraction of sp³-hybridized carbons (Fsp3) is 0.412. The summed E-state index contributed by atoms with van der Waals surface area (Å²) in [6.07, 6.45) is 7.48. The van der Waals surface area contributed by atoms with Gasteiger partial charge in [-0.2, -0.15) is 0 Å². The Morgan fingerprint density at radius 2 is 1.65 bits per heavy atom. The van der Waals surface area contributed by atoms with E-state index in [-0.39, 0.29) is 0 Å². The predicted molar refractivity (Wildman–Crippen MR) is 74.5 cm³/mol. The number of benzene rings is 1. The standard InChI is InChI=1S/C17H20/c1-2-3-4-5-6-7-8-9-11-14-17-15-12-10-13-16-17/h10,12-13,15-16H,2-7H2,1H3. The highest BCUT2D eigenvalue weighted by atomic mass is 13.9. The van der Waals surface area contributed by atoms with E-state index in [1.54, 1.807) is 0 Å². The van der Waals surface area contributed by atoms with E-state index in [1.165, 1.54) is 32.1 Å². The van der Waals surface area contributed by atoms with E-state index in [4.69, 9.17) is 0 Å². The molecule has 0 aliphatic heterocycles. The zero-order valence-electron chi connectivity index (χ0n) is 10.6. The van der Waals surface area contributed by atoms with Gasteiger partial charge in [-0.25, -0.2) is 0 Å². The van der Waals surface area contributed by atoms with Crippen LogP contribution in [0, 0.1) is 23.7 Å². The monoisotopic (exact) mass is 224 g/mol. The maximum Gasteiger partial charge on any atom is 0.0255 e. The predicted octanol–water partition coefficient (Wildman–Crippen LogP) is 4.40. The molecular formula is C17H20. The largest absolute Gasteiger partial charge is 0.0891 e. The van der Waals surface area contributed by atoms with Crippen LogP contribution in [0.2, 0.25) is 0 Å². The first-order valence-electron chi connectivity index (χ1n) is 6.47. The van der Waals surface area contributed by atoms with Crippen LogP contribution < -0.4 is 0 Å². The average molecular weight is 224 g/mol. The van der Waals surface area contributed by atoms with Crippen LogP contribution in [0.25, 0.3) is 0 Å². The van der Waals surface area contributed by atoms with Gasteiger partial charge in [0.15, 0.2) is 0 Å². The first-order valence-corrected chi connectivity index (χ1v) is 6.47. The van der Waals surface area contributed by atoms with Crippen molar-refractivity contribution in [1.82, 2.24) is 0 Å². The molecule has 88 valence electrons. The molecule has 0 radical (unpaired) electrons. The summed E-state index contributed by atoms with van der Waals surface area (Å²) >= 11 is 0. The molecule has 0 aliphatic rings. The van der Waals surface area contributed by atoms with Crippen molar-refractivity contribution < 1.29 is 0 Å². The maximum atomic E-state index is 3.11. The lowest BCUT2D eigenvalue weighted by Gasteiger charge is -1.93. The molecule has 0 aromatic heterocycles.